The van der Waals surface area contributed by atoms with Gasteiger partial charge in [-0.05, 0) is 47.7 Å². The molecule has 1 aromatic carbocycles. The van der Waals surface area contributed by atoms with Crippen LogP contribution in [0.5, 0.6) is 5.75 Å². The van der Waals surface area contributed by atoms with Gasteiger partial charge in [-0.2, -0.15) is 0 Å². The Morgan fingerprint density at radius 1 is 1.07 bits per heavy atom. The molecule has 1 saturated heterocycles. The number of aromatic nitrogens is 2. The number of benzene rings is 1. The monoisotopic (exact) mass is 387 g/mol. The van der Waals surface area contributed by atoms with E-state index in [4.69, 9.17) is 4.74 Å². The van der Waals surface area contributed by atoms with Gasteiger partial charge in [0.2, 0.25) is 0 Å². The highest BCUT2D eigenvalue weighted by atomic mass is 16.5. The molecular formula is C24H25N3O2. The fraction of sp³-hybridized carbons (Fsp3) is 0.333. The highest BCUT2D eigenvalue weighted by Gasteiger charge is 2.34. The van der Waals surface area contributed by atoms with Gasteiger partial charge in [0.25, 0.3) is 5.56 Å². The highest BCUT2D eigenvalue weighted by Crippen LogP contribution is 2.37. The minimum Gasteiger partial charge on any atom is -0.497 e. The zero-order valence-corrected chi connectivity index (χ0v) is 16.6. The molecule has 0 aliphatic carbocycles. The van der Waals surface area contributed by atoms with Crippen molar-refractivity contribution in [3.63, 3.8) is 0 Å². The number of methoxy groups -OCH3 is 1. The molecule has 0 radical (unpaired) electrons. The second-order valence-corrected chi connectivity index (χ2v) is 8.20. The molecule has 0 unspecified atom stereocenters. The molecule has 2 aliphatic rings. The topological polar surface area (TPSA) is 47.4 Å². The molecule has 5 rings (SSSR count). The Morgan fingerprint density at radius 2 is 2.00 bits per heavy atom. The first-order valence-corrected chi connectivity index (χ1v) is 10.2. The zero-order chi connectivity index (χ0) is 19.8. The van der Waals surface area contributed by atoms with Crippen molar-refractivity contribution in [2.75, 3.05) is 20.2 Å². The van der Waals surface area contributed by atoms with E-state index >= 15 is 0 Å². The lowest BCUT2D eigenvalue weighted by Crippen LogP contribution is -2.46. The number of nitrogens with zero attached hydrogens (tertiary/aromatic N) is 3. The van der Waals surface area contributed by atoms with Crippen LogP contribution in [-0.4, -0.2) is 34.7 Å². The van der Waals surface area contributed by atoms with Crippen molar-refractivity contribution in [3.05, 3.63) is 82.5 Å². The minimum atomic E-state index is 0.109. The number of fused-ring (bicyclic) bond motifs is 4. The number of likely N-dealkylation sites (tertiary alicyclic amines) is 1. The molecule has 2 aromatic heterocycles. The summed E-state index contributed by atoms with van der Waals surface area (Å²) in [6, 6.07) is 16.2. The molecule has 2 atom stereocenters. The van der Waals surface area contributed by atoms with Crippen LogP contribution in [0.2, 0.25) is 0 Å². The average molecular weight is 387 g/mol. The van der Waals surface area contributed by atoms with Gasteiger partial charge in [-0.15, -0.1) is 0 Å². The van der Waals surface area contributed by atoms with Crippen molar-refractivity contribution < 1.29 is 4.74 Å². The number of ether oxygens (including phenoxy) is 1. The molecule has 2 bridgehead atoms. The Balaban J connectivity index is 1.43. The molecule has 1 fully saturated rings. The lowest BCUT2D eigenvalue weighted by molar-refractivity contribution is 0.114. The van der Waals surface area contributed by atoms with Gasteiger partial charge in [-0.3, -0.25) is 14.7 Å². The Hall–Kier alpha value is -2.92. The smallest absolute Gasteiger partial charge is 0.251 e. The van der Waals surface area contributed by atoms with Crippen molar-refractivity contribution in [2.24, 2.45) is 5.92 Å². The number of rotatable bonds is 4. The fourth-order valence-corrected chi connectivity index (χ4v) is 4.92. The fourth-order valence-electron chi connectivity index (χ4n) is 4.92. The van der Waals surface area contributed by atoms with Gasteiger partial charge in [0.15, 0.2) is 0 Å². The van der Waals surface area contributed by atoms with Gasteiger partial charge in [0.1, 0.15) is 5.75 Å². The van der Waals surface area contributed by atoms with Crippen LogP contribution in [0, 0.1) is 5.92 Å². The first-order chi connectivity index (χ1) is 14.2. The van der Waals surface area contributed by atoms with Crippen LogP contribution in [0.15, 0.2) is 65.7 Å². The zero-order valence-electron chi connectivity index (χ0n) is 16.6. The molecule has 0 N–H and O–H groups in total. The first-order valence-electron chi connectivity index (χ1n) is 10.2. The molecule has 3 aromatic rings. The van der Waals surface area contributed by atoms with Crippen molar-refractivity contribution in [1.82, 2.24) is 14.5 Å². The third-order valence-electron chi connectivity index (χ3n) is 6.17. The maximum atomic E-state index is 12.8. The standard InChI is InChI=1S/C24H25N3O2/c1-29-22-6-2-4-17(9-22)13-26-14-18-8-21(16-26)23-10-20(11-24(28)27(23)15-18)19-5-3-7-25-12-19/h2-7,9-12,18,21H,8,13-16H2,1H3/t18-,21+/m0/s1. The van der Waals surface area contributed by atoms with Gasteiger partial charge in [-0.1, -0.05) is 18.2 Å². The molecule has 29 heavy (non-hydrogen) atoms. The molecule has 5 heteroatoms. The van der Waals surface area contributed by atoms with E-state index in [2.05, 4.69) is 28.1 Å². The van der Waals surface area contributed by atoms with Gasteiger partial charge < -0.3 is 9.30 Å². The van der Waals surface area contributed by atoms with E-state index in [0.29, 0.717) is 11.8 Å². The largest absolute Gasteiger partial charge is 0.497 e. The summed E-state index contributed by atoms with van der Waals surface area (Å²) in [6.07, 6.45) is 4.74. The summed E-state index contributed by atoms with van der Waals surface area (Å²) in [5.74, 6) is 1.81. The second kappa shape index (κ2) is 7.48. The quantitative estimate of drug-likeness (QED) is 0.687. The van der Waals surface area contributed by atoms with Crippen molar-refractivity contribution in [3.8, 4) is 16.9 Å². The van der Waals surface area contributed by atoms with E-state index in [1.807, 2.05) is 35.0 Å². The molecule has 5 nitrogen and oxygen atoms in total. The normalized spacial score (nSPS) is 20.9. The minimum absolute atomic E-state index is 0.109. The number of pyridine rings is 2. The number of hydrogen-bond acceptors (Lipinski definition) is 4. The summed E-state index contributed by atoms with van der Waals surface area (Å²) in [6.45, 7) is 3.73. The highest BCUT2D eigenvalue weighted by molar-refractivity contribution is 5.62. The molecular weight excluding hydrogens is 362 g/mol. The van der Waals surface area contributed by atoms with E-state index in [1.54, 1.807) is 19.4 Å². The van der Waals surface area contributed by atoms with E-state index in [9.17, 15) is 4.79 Å². The second-order valence-electron chi connectivity index (χ2n) is 8.20. The Labute approximate surface area is 170 Å². The third-order valence-corrected chi connectivity index (χ3v) is 6.17. The van der Waals surface area contributed by atoms with E-state index < -0.39 is 0 Å². The molecule has 2 aliphatic heterocycles. The maximum absolute atomic E-state index is 12.8. The average Bonchev–Trinajstić information content (AvgIpc) is 2.75. The van der Waals surface area contributed by atoms with Crippen LogP contribution >= 0.6 is 0 Å². The van der Waals surface area contributed by atoms with Gasteiger partial charge in [-0.25, -0.2) is 0 Å². The number of hydrogen-bond donors (Lipinski definition) is 0. The molecule has 0 saturated carbocycles. The Kier molecular flexibility index (Phi) is 4.68. The van der Waals surface area contributed by atoms with E-state index in [-0.39, 0.29) is 5.56 Å². The van der Waals surface area contributed by atoms with Crippen molar-refractivity contribution in [2.45, 2.75) is 25.4 Å². The SMILES string of the molecule is COc1cccc(CN2C[C@@H]3C[C@H](C2)c2cc(-c4cccnc4)cc(=O)n2C3)c1. The molecule has 148 valence electrons. The predicted molar refractivity (Wildman–Crippen MR) is 113 cm³/mol. The summed E-state index contributed by atoms with van der Waals surface area (Å²) in [4.78, 5) is 19.6. The molecule has 0 spiro atoms. The lowest BCUT2D eigenvalue weighted by atomic mass is 9.82. The maximum Gasteiger partial charge on any atom is 0.251 e. The van der Waals surface area contributed by atoms with Crippen molar-refractivity contribution >= 4 is 0 Å². The summed E-state index contributed by atoms with van der Waals surface area (Å²) >= 11 is 0. The summed E-state index contributed by atoms with van der Waals surface area (Å²) in [5, 5.41) is 0. The predicted octanol–water partition coefficient (Wildman–Crippen LogP) is 3.54. The van der Waals surface area contributed by atoms with Crippen LogP contribution in [-0.2, 0) is 13.1 Å². The van der Waals surface area contributed by atoms with E-state index in [1.165, 1.54) is 11.3 Å². The first kappa shape index (κ1) is 18.1. The number of piperidine rings is 1. The Bertz CT molecular complexity index is 1080. The van der Waals surface area contributed by atoms with E-state index in [0.717, 1.165) is 49.5 Å². The lowest BCUT2D eigenvalue weighted by Gasteiger charge is -2.43. The van der Waals surface area contributed by atoms with Crippen molar-refractivity contribution in [1.29, 1.82) is 0 Å². The summed E-state index contributed by atoms with van der Waals surface area (Å²) < 4.78 is 7.37. The molecule has 0 amide bonds. The van der Waals surface area contributed by atoms with Gasteiger partial charge >= 0.3 is 0 Å². The van der Waals surface area contributed by atoms with Gasteiger partial charge in [0.05, 0.1) is 7.11 Å². The summed E-state index contributed by atoms with van der Waals surface area (Å²) in [7, 11) is 1.71. The van der Waals surface area contributed by atoms with Gasteiger partial charge in [0, 0.05) is 61.8 Å². The Morgan fingerprint density at radius 3 is 2.83 bits per heavy atom. The van der Waals surface area contributed by atoms with Crippen LogP contribution < -0.4 is 10.3 Å². The van der Waals surface area contributed by atoms with Crippen LogP contribution in [0.4, 0.5) is 0 Å². The summed E-state index contributed by atoms with van der Waals surface area (Å²) in [5.41, 5.74) is 4.52. The molecule has 4 heterocycles. The van der Waals surface area contributed by atoms with Crippen LogP contribution in [0.3, 0.4) is 0 Å². The van der Waals surface area contributed by atoms with Crippen LogP contribution in [0.1, 0.15) is 23.6 Å². The van der Waals surface area contributed by atoms with Crippen LogP contribution in [0.25, 0.3) is 11.1 Å². The third kappa shape index (κ3) is 3.58.